The molecular weight excluding hydrogens is 493 g/mol. The lowest BCUT2D eigenvalue weighted by molar-refractivity contribution is -1.06. The highest BCUT2D eigenvalue weighted by Gasteiger charge is 2.53. The SMILES string of the molecule is CCCCCCCCCCCCCCCCOC(C)C(OC(C)=O)C(C)(C)OP1(=O)OC2CC[NH+](C2)O1. The first kappa shape index (κ1) is 32.7. The lowest BCUT2D eigenvalue weighted by atomic mass is 9.97. The molecule has 0 aromatic rings. The van der Waals surface area contributed by atoms with Crippen molar-refractivity contribution < 1.29 is 37.6 Å². The third-order valence-electron chi connectivity index (χ3n) is 7.35. The molecule has 2 heterocycles. The Morgan fingerprint density at radius 1 is 0.973 bits per heavy atom. The number of hydroxylamine groups is 2. The number of esters is 1. The molecule has 2 aliphatic rings. The number of carbonyl (C=O) groups excluding carboxylic acids is 1. The van der Waals surface area contributed by atoms with E-state index in [4.69, 9.17) is 23.1 Å². The van der Waals surface area contributed by atoms with Crippen molar-refractivity contribution in [2.45, 2.75) is 155 Å². The summed E-state index contributed by atoms with van der Waals surface area (Å²) in [6.45, 7) is 10.9. The number of ether oxygens (including phenoxy) is 2. The van der Waals surface area contributed by atoms with Gasteiger partial charge in [0.05, 0.1) is 6.10 Å². The van der Waals surface area contributed by atoms with Crippen LogP contribution in [0.4, 0.5) is 0 Å². The number of phosphoric ester groups is 1. The number of quaternary nitrogens is 1. The number of nitrogens with one attached hydrogen (secondary N) is 1. The van der Waals surface area contributed by atoms with Gasteiger partial charge in [0.15, 0.2) is 6.10 Å². The summed E-state index contributed by atoms with van der Waals surface area (Å²) in [5.74, 6) is -0.438. The second-order valence-electron chi connectivity index (χ2n) is 11.4. The summed E-state index contributed by atoms with van der Waals surface area (Å²) < 4.78 is 41.9. The molecule has 218 valence electrons. The molecule has 37 heavy (non-hydrogen) atoms. The van der Waals surface area contributed by atoms with Crippen LogP contribution in [-0.2, 0) is 32.5 Å². The van der Waals surface area contributed by atoms with Gasteiger partial charge in [0, 0.05) is 20.0 Å². The lowest BCUT2D eigenvalue weighted by Crippen LogP contribution is -3.09. The van der Waals surface area contributed by atoms with Crippen LogP contribution in [0, 0.1) is 0 Å². The average molecular weight is 549 g/mol. The molecule has 9 heteroatoms. The lowest BCUT2D eigenvalue weighted by Gasteiger charge is -2.38. The van der Waals surface area contributed by atoms with E-state index in [9.17, 15) is 9.36 Å². The predicted octanol–water partition coefficient (Wildman–Crippen LogP) is 6.33. The van der Waals surface area contributed by atoms with Crippen molar-refractivity contribution >= 4 is 13.8 Å². The average Bonchev–Trinajstić information content (AvgIpc) is 3.17. The van der Waals surface area contributed by atoms with Gasteiger partial charge in [-0.15, -0.1) is 0 Å². The van der Waals surface area contributed by atoms with Crippen LogP contribution < -0.4 is 5.06 Å². The quantitative estimate of drug-likeness (QED) is 0.102. The highest BCUT2D eigenvalue weighted by Crippen LogP contribution is 2.55. The maximum Gasteiger partial charge on any atom is 0.522 e. The van der Waals surface area contributed by atoms with E-state index in [1.807, 2.05) is 6.92 Å². The molecule has 0 spiro atoms. The molecule has 2 aliphatic heterocycles. The van der Waals surface area contributed by atoms with Gasteiger partial charge < -0.3 is 9.47 Å². The number of phosphoric acid groups is 1. The van der Waals surface area contributed by atoms with Crippen LogP contribution in [0.1, 0.15) is 131 Å². The van der Waals surface area contributed by atoms with Gasteiger partial charge >= 0.3 is 13.8 Å². The highest BCUT2D eigenvalue weighted by molar-refractivity contribution is 7.48. The minimum atomic E-state index is -3.77. The van der Waals surface area contributed by atoms with E-state index < -0.39 is 31.6 Å². The van der Waals surface area contributed by atoms with Gasteiger partial charge in [-0.05, 0) is 27.2 Å². The number of carbonyl (C=O) groups is 1. The minimum Gasteiger partial charge on any atom is -0.457 e. The Balaban J connectivity index is 1.60. The fraction of sp³-hybridized carbons (Fsp3) is 0.964. The van der Waals surface area contributed by atoms with Crippen LogP contribution in [0.3, 0.4) is 0 Å². The fourth-order valence-corrected chi connectivity index (χ4v) is 7.16. The monoisotopic (exact) mass is 548 g/mol. The summed E-state index contributed by atoms with van der Waals surface area (Å²) in [7, 11) is -3.77. The first-order valence-electron chi connectivity index (χ1n) is 15.0. The van der Waals surface area contributed by atoms with Crippen molar-refractivity contribution in [3.05, 3.63) is 0 Å². The summed E-state index contributed by atoms with van der Waals surface area (Å²) in [4.78, 5) is 11.8. The molecule has 8 nitrogen and oxygen atoms in total. The standard InChI is InChI=1S/C28H54NO7P/c1-6-7-8-9-10-11-12-13-14-15-16-17-18-19-22-32-24(2)27(33-25(3)30)28(4,5)35-37(31)34-26-20-21-29(23-26)36-37/h24,26-27H,6-23H2,1-5H3/p+1. The molecule has 1 N–H and O–H groups in total. The number of fused-ring (bicyclic) bond motifs is 2. The summed E-state index contributed by atoms with van der Waals surface area (Å²) in [6, 6.07) is 0. The third kappa shape index (κ3) is 12.9. The van der Waals surface area contributed by atoms with Gasteiger partial charge in [-0.25, -0.2) is 4.57 Å². The zero-order valence-electron chi connectivity index (χ0n) is 24.3. The molecule has 2 bridgehead atoms. The summed E-state index contributed by atoms with van der Waals surface area (Å²) >= 11 is 0. The van der Waals surface area contributed by atoms with Gasteiger partial charge in [0.25, 0.3) is 0 Å². The van der Waals surface area contributed by atoms with E-state index in [-0.39, 0.29) is 6.10 Å². The van der Waals surface area contributed by atoms with Crippen molar-refractivity contribution in [3.8, 4) is 0 Å². The molecule has 2 fully saturated rings. The molecule has 2 rings (SSSR count). The van der Waals surface area contributed by atoms with Gasteiger partial charge in [0.2, 0.25) is 0 Å². The maximum absolute atomic E-state index is 13.2. The normalized spacial score (nSPS) is 25.2. The van der Waals surface area contributed by atoms with Crippen LogP contribution in [0.5, 0.6) is 0 Å². The van der Waals surface area contributed by atoms with Gasteiger partial charge in [0.1, 0.15) is 24.8 Å². The molecular formula is C28H55NO7P+. The molecule has 0 saturated carbocycles. The Hall–Kier alpha value is -0.500. The summed E-state index contributed by atoms with van der Waals surface area (Å²) in [5.41, 5.74) is -1.12. The molecule has 0 aromatic carbocycles. The molecule has 0 aliphatic carbocycles. The fourth-order valence-electron chi connectivity index (χ4n) is 5.33. The number of hydrogen-bond donors (Lipinski definition) is 1. The highest BCUT2D eigenvalue weighted by atomic mass is 31.2. The van der Waals surface area contributed by atoms with Gasteiger partial charge in [-0.1, -0.05) is 95.0 Å². The topological polar surface area (TPSA) is 84.7 Å². The van der Waals surface area contributed by atoms with Crippen LogP contribution in [0.15, 0.2) is 0 Å². The van der Waals surface area contributed by atoms with Crippen LogP contribution in [0.2, 0.25) is 0 Å². The zero-order valence-corrected chi connectivity index (χ0v) is 25.2. The van der Waals surface area contributed by atoms with E-state index in [0.29, 0.717) is 13.2 Å². The smallest absolute Gasteiger partial charge is 0.457 e. The van der Waals surface area contributed by atoms with E-state index >= 15 is 0 Å². The maximum atomic E-state index is 13.2. The van der Waals surface area contributed by atoms with Crippen LogP contribution >= 0.6 is 7.82 Å². The van der Waals surface area contributed by atoms with E-state index in [1.165, 1.54) is 84.0 Å². The van der Waals surface area contributed by atoms with Crippen LogP contribution in [0.25, 0.3) is 0 Å². The Morgan fingerprint density at radius 2 is 1.51 bits per heavy atom. The van der Waals surface area contributed by atoms with E-state index in [0.717, 1.165) is 30.9 Å². The second-order valence-corrected chi connectivity index (χ2v) is 12.9. The van der Waals surface area contributed by atoms with Gasteiger partial charge in [-0.2, -0.15) is 5.06 Å². The first-order valence-corrected chi connectivity index (χ1v) is 16.4. The largest absolute Gasteiger partial charge is 0.522 e. The number of hydrogen-bond acceptors (Lipinski definition) is 7. The summed E-state index contributed by atoms with van der Waals surface area (Å²) in [6.07, 6.45) is 17.8. The molecule has 2 saturated heterocycles. The van der Waals surface area contributed by atoms with Crippen molar-refractivity contribution in [1.29, 1.82) is 0 Å². The minimum absolute atomic E-state index is 0.133. The Bertz CT molecular complexity index is 673. The van der Waals surface area contributed by atoms with Crippen molar-refractivity contribution in [2.24, 2.45) is 0 Å². The number of rotatable bonds is 21. The van der Waals surface area contributed by atoms with Crippen LogP contribution in [-0.4, -0.2) is 49.6 Å². The molecule has 5 unspecified atom stereocenters. The van der Waals surface area contributed by atoms with E-state index in [1.54, 1.807) is 13.8 Å². The van der Waals surface area contributed by atoms with E-state index in [2.05, 4.69) is 6.92 Å². The Morgan fingerprint density at radius 3 is 2.03 bits per heavy atom. The van der Waals surface area contributed by atoms with Crippen molar-refractivity contribution in [3.63, 3.8) is 0 Å². The Kier molecular flexibility index (Phi) is 15.2. The van der Waals surface area contributed by atoms with Crippen molar-refractivity contribution in [1.82, 2.24) is 0 Å². The first-order chi connectivity index (χ1) is 17.6. The number of unbranched alkanes of at least 4 members (excludes halogenated alkanes) is 13. The zero-order chi connectivity index (χ0) is 27.2. The van der Waals surface area contributed by atoms with Crippen molar-refractivity contribution in [2.75, 3.05) is 19.7 Å². The summed E-state index contributed by atoms with van der Waals surface area (Å²) in [5, 5.41) is 0.765. The van der Waals surface area contributed by atoms with Gasteiger partial charge in [-0.3, -0.25) is 13.8 Å². The third-order valence-corrected chi connectivity index (χ3v) is 9.08. The predicted molar refractivity (Wildman–Crippen MR) is 145 cm³/mol. The molecule has 0 aromatic heterocycles. The second kappa shape index (κ2) is 17.2. The molecule has 0 radical (unpaired) electrons. The molecule has 0 amide bonds. The molecule has 5 atom stereocenters. The Labute approximate surface area is 226 Å².